The second-order valence-corrected chi connectivity index (χ2v) is 4.92. The van der Waals surface area contributed by atoms with Crippen LogP contribution >= 0.6 is 11.6 Å². The Kier molecular flexibility index (Phi) is 5.38. The minimum Gasteiger partial charge on any atom is -0.492 e. The fourth-order valence-electron chi connectivity index (χ4n) is 1.75. The smallest absolute Gasteiger partial charge is 0.119 e. The van der Waals surface area contributed by atoms with Crippen molar-refractivity contribution in [2.24, 2.45) is 0 Å². The van der Waals surface area contributed by atoms with Crippen LogP contribution in [0, 0.1) is 6.92 Å². The van der Waals surface area contributed by atoms with Crippen LogP contribution in [0.2, 0.25) is 5.02 Å². The summed E-state index contributed by atoms with van der Waals surface area (Å²) < 4.78 is 7.46. The van der Waals surface area contributed by atoms with E-state index in [1.165, 1.54) is 0 Å². The van der Waals surface area contributed by atoms with E-state index in [-0.39, 0.29) is 0 Å². The summed E-state index contributed by atoms with van der Waals surface area (Å²) in [5.74, 6) is 0.819. The molecule has 0 atom stereocenters. The lowest BCUT2D eigenvalue weighted by Crippen LogP contribution is -2.12. The Morgan fingerprint density at radius 2 is 2.25 bits per heavy atom. The van der Waals surface area contributed by atoms with E-state index in [1.54, 1.807) is 4.68 Å². The molecule has 0 aliphatic rings. The zero-order chi connectivity index (χ0) is 14.4. The summed E-state index contributed by atoms with van der Waals surface area (Å²) in [7, 11) is 0. The summed E-state index contributed by atoms with van der Waals surface area (Å²) in [5, 5.41) is 12.1. The highest BCUT2D eigenvalue weighted by Crippen LogP contribution is 2.20. The Morgan fingerprint density at radius 1 is 1.40 bits per heavy atom. The van der Waals surface area contributed by atoms with Crippen molar-refractivity contribution < 1.29 is 4.74 Å². The summed E-state index contributed by atoms with van der Waals surface area (Å²) in [4.78, 5) is 0. The van der Waals surface area contributed by atoms with Gasteiger partial charge in [0.25, 0.3) is 0 Å². The van der Waals surface area contributed by atoms with Gasteiger partial charge in [0, 0.05) is 17.8 Å². The predicted molar refractivity (Wildman–Crippen MR) is 79.1 cm³/mol. The Bertz CT molecular complexity index is 556. The third-order valence-corrected chi connectivity index (χ3v) is 3.28. The number of hydrogen-bond donors (Lipinski definition) is 1. The number of ether oxygens (including phenoxy) is 1. The van der Waals surface area contributed by atoms with E-state index < -0.39 is 0 Å². The molecule has 0 aliphatic heterocycles. The van der Waals surface area contributed by atoms with E-state index in [1.807, 2.05) is 31.3 Å². The zero-order valence-electron chi connectivity index (χ0n) is 11.8. The summed E-state index contributed by atoms with van der Waals surface area (Å²) in [6.45, 7) is 6.90. The Balaban J connectivity index is 1.80. The van der Waals surface area contributed by atoms with Gasteiger partial charge in [0.2, 0.25) is 0 Å². The number of aryl methyl sites for hydroxylation is 1. The van der Waals surface area contributed by atoms with Gasteiger partial charge in [0.05, 0.1) is 12.2 Å². The minimum atomic E-state index is 0.547. The lowest BCUT2D eigenvalue weighted by molar-refractivity contribution is 0.289. The number of rotatable bonds is 7. The highest BCUT2D eigenvalue weighted by Gasteiger charge is 2.01. The van der Waals surface area contributed by atoms with Crippen LogP contribution in [0.5, 0.6) is 5.75 Å². The molecule has 1 aromatic heterocycles. The highest BCUT2D eigenvalue weighted by atomic mass is 35.5. The van der Waals surface area contributed by atoms with Crippen LogP contribution < -0.4 is 10.1 Å². The number of nitrogens with one attached hydrogen (secondary N) is 1. The van der Waals surface area contributed by atoms with Crippen LogP contribution in [-0.4, -0.2) is 28.1 Å². The van der Waals surface area contributed by atoms with Crippen molar-refractivity contribution in [1.29, 1.82) is 0 Å². The van der Waals surface area contributed by atoms with Crippen LogP contribution in [0.1, 0.15) is 18.2 Å². The van der Waals surface area contributed by atoms with E-state index in [2.05, 4.69) is 22.6 Å². The first kappa shape index (κ1) is 14.8. The third kappa shape index (κ3) is 4.21. The van der Waals surface area contributed by atoms with Crippen molar-refractivity contribution in [2.75, 3.05) is 13.2 Å². The maximum atomic E-state index is 5.97. The van der Waals surface area contributed by atoms with Gasteiger partial charge in [-0.1, -0.05) is 23.7 Å². The van der Waals surface area contributed by atoms with Gasteiger partial charge < -0.3 is 10.1 Å². The van der Waals surface area contributed by atoms with Crippen LogP contribution in [0.15, 0.2) is 24.4 Å². The first-order valence-electron chi connectivity index (χ1n) is 6.67. The molecule has 0 radical (unpaired) electrons. The van der Waals surface area contributed by atoms with Crippen LogP contribution in [0.4, 0.5) is 0 Å². The van der Waals surface area contributed by atoms with Crippen molar-refractivity contribution in [2.45, 2.75) is 26.9 Å². The molecule has 6 heteroatoms. The average Bonchev–Trinajstić information content (AvgIpc) is 2.88. The monoisotopic (exact) mass is 294 g/mol. The molecule has 0 aliphatic carbocycles. The molecule has 20 heavy (non-hydrogen) atoms. The normalized spacial score (nSPS) is 10.8. The molecule has 2 rings (SSSR count). The van der Waals surface area contributed by atoms with Crippen LogP contribution in [0.3, 0.4) is 0 Å². The standard InChI is InChI=1S/C14H19ClN4O/c1-3-16-9-12-10-19(18-17-12)6-7-20-13-4-5-14(15)11(2)8-13/h4-5,8,10,16H,3,6-7,9H2,1-2H3. The second-order valence-electron chi connectivity index (χ2n) is 4.51. The topological polar surface area (TPSA) is 52.0 Å². The predicted octanol–water partition coefficient (Wildman–Crippen LogP) is 2.43. The molecule has 5 nitrogen and oxygen atoms in total. The summed E-state index contributed by atoms with van der Waals surface area (Å²) in [6, 6.07) is 5.64. The quantitative estimate of drug-likeness (QED) is 0.852. The first-order chi connectivity index (χ1) is 9.69. The van der Waals surface area contributed by atoms with E-state index in [0.717, 1.165) is 35.1 Å². The second kappa shape index (κ2) is 7.26. The summed E-state index contributed by atoms with van der Waals surface area (Å²) >= 11 is 5.97. The van der Waals surface area contributed by atoms with Crippen molar-refractivity contribution in [3.63, 3.8) is 0 Å². The maximum absolute atomic E-state index is 5.97. The molecule has 0 fully saturated rings. The molecule has 0 saturated carbocycles. The van der Waals surface area contributed by atoms with Crippen molar-refractivity contribution >= 4 is 11.6 Å². The molecular weight excluding hydrogens is 276 g/mol. The zero-order valence-corrected chi connectivity index (χ0v) is 12.5. The van der Waals surface area contributed by atoms with E-state index >= 15 is 0 Å². The third-order valence-electron chi connectivity index (χ3n) is 2.86. The van der Waals surface area contributed by atoms with Gasteiger partial charge in [-0.05, 0) is 37.2 Å². The molecule has 0 saturated heterocycles. The summed E-state index contributed by atoms with van der Waals surface area (Å²) in [6.07, 6.45) is 1.93. The molecule has 0 unspecified atom stereocenters. The largest absolute Gasteiger partial charge is 0.492 e. The lowest BCUT2D eigenvalue weighted by atomic mass is 10.2. The van der Waals surface area contributed by atoms with E-state index in [9.17, 15) is 0 Å². The maximum Gasteiger partial charge on any atom is 0.119 e. The van der Waals surface area contributed by atoms with Gasteiger partial charge >= 0.3 is 0 Å². The fraction of sp³-hybridized carbons (Fsp3) is 0.429. The fourth-order valence-corrected chi connectivity index (χ4v) is 1.86. The molecule has 0 spiro atoms. The van der Waals surface area contributed by atoms with Gasteiger partial charge in [0.1, 0.15) is 12.4 Å². The Labute approximate surface area is 123 Å². The van der Waals surface area contributed by atoms with Gasteiger partial charge in [-0.15, -0.1) is 5.10 Å². The van der Waals surface area contributed by atoms with Gasteiger partial charge in [-0.2, -0.15) is 0 Å². The molecule has 0 amide bonds. The minimum absolute atomic E-state index is 0.547. The number of hydrogen-bond acceptors (Lipinski definition) is 4. The number of benzene rings is 1. The first-order valence-corrected chi connectivity index (χ1v) is 7.05. The van der Waals surface area contributed by atoms with Crippen LogP contribution in [0.25, 0.3) is 0 Å². The van der Waals surface area contributed by atoms with Gasteiger partial charge in [0.15, 0.2) is 0 Å². The van der Waals surface area contributed by atoms with E-state index in [0.29, 0.717) is 13.2 Å². The molecule has 108 valence electrons. The summed E-state index contributed by atoms with van der Waals surface area (Å²) in [5.41, 5.74) is 1.95. The number of halogens is 1. The molecule has 1 N–H and O–H groups in total. The molecule has 2 aromatic rings. The molecule has 1 heterocycles. The average molecular weight is 295 g/mol. The number of nitrogens with zero attached hydrogens (tertiary/aromatic N) is 3. The number of aromatic nitrogens is 3. The Morgan fingerprint density at radius 3 is 3.00 bits per heavy atom. The Hall–Kier alpha value is -1.59. The van der Waals surface area contributed by atoms with E-state index in [4.69, 9.17) is 16.3 Å². The van der Waals surface area contributed by atoms with Crippen molar-refractivity contribution in [1.82, 2.24) is 20.3 Å². The highest BCUT2D eigenvalue weighted by molar-refractivity contribution is 6.31. The van der Waals surface area contributed by atoms with Crippen LogP contribution in [-0.2, 0) is 13.1 Å². The van der Waals surface area contributed by atoms with Crippen molar-refractivity contribution in [3.05, 3.63) is 40.7 Å². The van der Waals surface area contributed by atoms with Gasteiger partial charge in [-0.3, -0.25) is 0 Å². The molecule has 0 bridgehead atoms. The molecule has 1 aromatic carbocycles. The molecular formula is C14H19ClN4O. The SMILES string of the molecule is CCNCc1cn(CCOc2ccc(Cl)c(C)c2)nn1. The van der Waals surface area contributed by atoms with Crippen molar-refractivity contribution in [3.8, 4) is 5.75 Å². The lowest BCUT2D eigenvalue weighted by Gasteiger charge is -2.07. The van der Waals surface area contributed by atoms with Gasteiger partial charge in [-0.25, -0.2) is 4.68 Å².